The van der Waals surface area contributed by atoms with Crippen LogP contribution in [0.2, 0.25) is 0 Å². The van der Waals surface area contributed by atoms with Crippen molar-refractivity contribution in [1.82, 2.24) is 4.90 Å². The molecule has 0 spiro atoms. The molecule has 0 unspecified atom stereocenters. The first-order valence-corrected chi connectivity index (χ1v) is 7.83. The molecule has 0 aliphatic carbocycles. The zero-order valence-corrected chi connectivity index (χ0v) is 13.5. The van der Waals surface area contributed by atoms with Gasteiger partial charge < -0.3 is 10.0 Å². The van der Waals surface area contributed by atoms with Crippen molar-refractivity contribution in [1.29, 1.82) is 0 Å². The minimum absolute atomic E-state index is 0.303. The Morgan fingerprint density at radius 2 is 1.45 bits per heavy atom. The third-order valence-electron chi connectivity index (χ3n) is 3.49. The van der Waals surface area contributed by atoms with E-state index in [1.807, 2.05) is 20.8 Å². The van der Waals surface area contributed by atoms with Crippen LogP contribution in [0.15, 0.2) is 0 Å². The van der Waals surface area contributed by atoms with Crippen LogP contribution < -0.4 is 0 Å². The summed E-state index contributed by atoms with van der Waals surface area (Å²) in [6.45, 7) is 6.47. The monoisotopic (exact) mass is 281 g/mol. The van der Waals surface area contributed by atoms with Gasteiger partial charge in [0.2, 0.25) is 0 Å². The molecule has 0 radical (unpaired) electrons. The van der Waals surface area contributed by atoms with Gasteiger partial charge in [-0.1, -0.05) is 38.5 Å². The molecule has 1 amide bonds. The summed E-state index contributed by atoms with van der Waals surface area (Å²) in [5.74, 6) is 2.67. The first kappa shape index (κ1) is 18.8. The summed E-state index contributed by atoms with van der Waals surface area (Å²) in [6.07, 6.45) is 14.7. The highest BCUT2D eigenvalue weighted by Crippen LogP contribution is 2.15. The normalized spacial score (nSPS) is 11.1. The summed E-state index contributed by atoms with van der Waals surface area (Å²) in [5.41, 5.74) is -0.303. The lowest BCUT2D eigenvalue weighted by Crippen LogP contribution is -2.45. The third-order valence-corrected chi connectivity index (χ3v) is 3.49. The van der Waals surface area contributed by atoms with E-state index in [9.17, 15) is 4.79 Å². The number of nitrogens with zero attached hydrogens (tertiary/aromatic N) is 1. The summed E-state index contributed by atoms with van der Waals surface area (Å²) in [4.78, 5) is 12.7. The molecule has 0 saturated heterocycles. The summed E-state index contributed by atoms with van der Waals surface area (Å²) < 4.78 is 0. The molecule has 0 aromatic heterocycles. The highest BCUT2D eigenvalue weighted by molar-refractivity contribution is 5.65. The zero-order valence-electron chi connectivity index (χ0n) is 13.5. The molecular formula is C17H31NO2. The van der Waals surface area contributed by atoms with E-state index in [4.69, 9.17) is 11.5 Å². The molecule has 0 atom stereocenters. The molecule has 0 aliphatic heterocycles. The highest BCUT2D eigenvalue weighted by atomic mass is 16.4. The molecule has 0 heterocycles. The van der Waals surface area contributed by atoms with E-state index in [0.29, 0.717) is 6.54 Å². The molecule has 0 saturated carbocycles. The van der Waals surface area contributed by atoms with Crippen molar-refractivity contribution in [2.24, 2.45) is 0 Å². The largest absolute Gasteiger partial charge is 0.465 e. The van der Waals surface area contributed by atoms with Crippen molar-refractivity contribution >= 4 is 6.09 Å². The standard InChI is InChI=1S/C17H31NO2/c1-5-6-7-8-9-10-11-12-13-14-15-18(16(19)20)17(2,3)4/h1H,6-15H2,2-4H3,(H,19,20). The SMILES string of the molecule is C#CCCCCCCCCCCN(C(=O)O)C(C)(C)C. The van der Waals surface area contributed by atoms with E-state index in [2.05, 4.69) is 5.92 Å². The van der Waals surface area contributed by atoms with Crippen molar-refractivity contribution in [3.05, 3.63) is 0 Å². The highest BCUT2D eigenvalue weighted by Gasteiger charge is 2.24. The maximum Gasteiger partial charge on any atom is 0.407 e. The van der Waals surface area contributed by atoms with Crippen LogP contribution in [0.1, 0.15) is 78.6 Å². The van der Waals surface area contributed by atoms with Crippen LogP contribution in [0.4, 0.5) is 4.79 Å². The van der Waals surface area contributed by atoms with Crippen molar-refractivity contribution in [3.63, 3.8) is 0 Å². The van der Waals surface area contributed by atoms with Gasteiger partial charge in [-0.05, 0) is 33.6 Å². The second-order valence-electron chi connectivity index (χ2n) is 6.39. The van der Waals surface area contributed by atoms with Crippen LogP contribution in [0, 0.1) is 12.3 Å². The number of amides is 1. The molecule has 0 aromatic carbocycles. The Labute approximate surface area is 124 Å². The number of hydrogen-bond donors (Lipinski definition) is 1. The molecule has 20 heavy (non-hydrogen) atoms. The van der Waals surface area contributed by atoms with E-state index in [0.717, 1.165) is 25.7 Å². The van der Waals surface area contributed by atoms with Crippen LogP contribution in [0.3, 0.4) is 0 Å². The molecule has 0 fully saturated rings. The lowest BCUT2D eigenvalue weighted by atomic mass is 10.0. The smallest absolute Gasteiger partial charge is 0.407 e. The van der Waals surface area contributed by atoms with Crippen LogP contribution in [-0.2, 0) is 0 Å². The summed E-state index contributed by atoms with van der Waals surface area (Å²) >= 11 is 0. The van der Waals surface area contributed by atoms with Gasteiger partial charge in [0, 0.05) is 18.5 Å². The molecule has 1 N–H and O–H groups in total. The number of carboxylic acid groups (broad SMARTS) is 1. The Balaban J connectivity index is 3.52. The fourth-order valence-corrected chi connectivity index (χ4v) is 2.28. The first-order valence-electron chi connectivity index (χ1n) is 7.83. The summed E-state index contributed by atoms with van der Waals surface area (Å²) in [5, 5.41) is 9.16. The van der Waals surface area contributed by atoms with Crippen molar-refractivity contribution in [2.75, 3.05) is 6.54 Å². The molecule has 0 aliphatic rings. The number of terminal acetylenes is 1. The minimum atomic E-state index is -0.814. The van der Waals surface area contributed by atoms with Gasteiger partial charge in [-0.3, -0.25) is 0 Å². The van der Waals surface area contributed by atoms with E-state index in [1.54, 1.807) is 0 Å². The second-order valence-corrected chi connectivity index (χ2v) is 6.39. The first-order chi connectivity index (χ1) is 9.39. The molecular weight excluding hydrogens is 250 g/mol. The number of rotatable bonds is 10. The topological polar surface area (TPSA) is 40.5 Å². The maximum absolute atomic E-state index is 11.1. The number of carbonyl (C=O) groups is 1. The fraction of sp³-hybridized carbons (Fsp3) is 0.824. The summed E-state index contributed by atoms with van der Waals surface area (Å²) in [6, 6.07) is 0. The van der Waals surface area contributed by atoms with Crippen LogP contribution in [0.5, 0.6) is 0 Å². The minimum Gasteiger partial charge on any atom is -0.465 e. The average molecular weight is 281 g/mol. The molecule has 116 valence electrons. The van der Waals surface area contributed by atoms with Crippen molar-refractivity contribution < 1.29 is 9.90 Å². The molecule has 0 aromatic rings. The predicted molar refractivity (Wildman–Crippen MR) is 84.9 cm³/mol. The van der Waals surface area contributed by atoms with Gasteiger partial charge in [0.1, 0.15) is 0 Å². The maximum atomic E-state index is 11.1. The quantitative estimate of drug-likeness (QED) is 0.456. The van der Waals surface area contributed by atoms with Crippen LogP contribution >= 0.6 is 0 Å². The van der Waals surface area contributed by atoms with E-state index in [1.165, 1.54) is 37.0 Å². The van der Waals surface area contributed by atoms with E-state index in [-0.39, 0.29) is 5.54 Å². The molecule has 0 bridgehead atoms. The zero-order chi connectivity index (χ0) is 15.4. The predicted octanol–water partition coefficient (Wildman–Crippen LogP) is 4.91. The lowest BCUT2D eigenvalue weighted by molar-refractivity contribution is 0.0990. The van der Waals surface area contributed by atoms with Gasteiger partial charge in [-0.2, -0.15) is 0 Å². The Bertz CT molecular complexity index is 299. The number of hydrogen-bond acceptors (Lipinski definition) is 1. The van der Waals surface area contributed by atoms with Gasteiger partial charge in [-0.25, -0.2) is 4.79 Å². The van der Waals surface area contributed by atoms with Gasteiger partial charge in [0.25, 0.3) is 0 Å². The summed E-state index contributed by atoms with van der Waals surface area (Å²) in [7, 11) is 0. The Kier molecular flexibility index (Phi) is 9.98. The van der Waals surface area contributed by atoms with Gasteiger partial charge in [0.05, 0.1) is 0 Å². The van der Waals surface area contributed by atoms with Crippen molar-refractivity contribution in [3.8, 4) is 12.3 Å². The van der Waals surface area contributed by atoms with Gasteiger partial charge in [0.15, 0.2) is 0 Å². The molecule has 3 nitrogen and oxygen atoms in total. The van der Waals surface area contributed by atoms with Gasteiger partial charge >= 0.3 is 6.09 Å². The number of unbranched alkanes of at least 4 members (excludes halogenated alkanes) is 8. The van der Waals surface area contributed by atoms with E-state index >= 15 is 0 Å². The van der Waals surface area contributed by atoms with Crippen molar-refractivity contribution in [2.45, 2.75) is 84.1 Å². The fourth-order valence-electron chi connectivity index (χ4n) is 2.28. The van der Waals surface area contributed by atoms with Gasteiger partial charge in [-0.15, -0.1) is 12.3 Å². The third kappa shape index (κ3) is 9.72. The molecule has 0 rings (SSSR count). The Morgan fingerprint density at radius 1 is 1.00 bits per heavy atom. The van der Waals surface area contributed by atoms with Crippen LogP contribution in [0.25, 0.3) is 0 Å². The van der Waals surface area contributed by atoms with E-state index < -0.39 is 6.09 Å². The Morgan fingerprint density at radius 3 is 1.85 bits per heavy atom. The Hall–Kier alpha value is -1.17. The lowest BCUT2D eigenvalue weighted by Gasteiger charge is -2.33. The van der Waals surface area contributed by atoms with Crippen LogP contribution in [-0.4, -0.2) is 28.2 Å². The second kappa shape index (κ2) is 10.6. The molecule has 3 heteroatoms. The average Bonchev–Trinajstić information content (AvgIpc) is 2.34.